The standard InChI is InChI=1S/C8H11NO2/c1-11-7-4-2-3-6(5-7)8(9)10/h2-3,5-6H,4H2,1H3,(H2,9,10). The second kappa shape index (κ2) is 3.23. The van der Waals surface area contributed by atoms with E-state index in [2.05, 4.69) is 0 Å². The fourth-order valence-corrected chi connectivity index (χ4v) is 0.983. The van der Waals surface area contributed by atoms with Crippen molar-refractivity contribution in [3.05, 3.63) is 24.0 Å². The van der Waals surface area contributed by atoms with E-state index in [1.165, 1.54) is 0 Å². The molecule has 0 saturated carbocycles. The van der Waals surface area contributed by atoms with Crippen LogP contribution in [0.25, 0.3) is 0 Å². The zero-order valence-electron chi connectivity index (χ0n) is 6.41. The van der Waals surface area contributed by atoms with Crippen LogP contribution in [0.1, 0.15) is 6.42 Å². The van der Waals surface area contributed by atoms with Crippen LogP contribution in [0.4, 0.5) is 0 Å². The maximum Gasteiger partial charge on any atom is 0.228 e. The largest absolute Gasteiger partial charge is 0.501 e. The lowest BCUT2D eigenvalue weighted by Gasteiger charge is -2.11. The van der Waals surface area contributed by atoms with Crippen LogP contribution in [0.15, 0.2) is 24.0 Å². The zero-order chi connectivity index (χ0) is 8.27. The maximum atomic E-state index is 10.7. The number of primary amides is 1. The Morgan fingerprint density at radius 1 is 1.82 bits per heavy atom. The molecule has 0 radical (unpaired) electrons. The Morgan fingerprint density at radius 2 is 2.55 bits per heavy atom. The van der Waals surface area contributed by atoms with Crippen molar-refractivity contribution in [1.82, 2.24) is 0 Å². The molecule has 1 unspecified atom stereocenters. The number of rotatable bonds is 2. The van der Waals surface area contributed by atoms with Crippen molar-refractivity contribution in [2.24, 2.45) is 11.7 Å². The van der Waals surface area contributed by atoms with E-state index in [0.717, 1.165) is 12.2 Å². The summed E-state index contributed by atoms with van der Waals surface area (Å²) in [6.45, 7) is 0. The minimum absolute atomic E-state index is 0.293. The summed E-state index contributed by atoms with van der Waals surface area (Å²) in [6, 6.07) is 0. The zero-order valence-corrected chi connectivity index (χ0v) is 6.41. The van der Waals surface area contributed by atoms with E-state index in [4.69, 9.17) is 10.5 Å². The van der Waals surface area contributed by atoms with Gasteiger partial charge in [-0.3, -0.25) is 4.79 Å². The quantitative estimate of drug-likeness (QED) is 0.590. The first-order chi connectivity index (χ1) is 5.24. The molecule has 0 fully saturated rings. The molecular formula is C8H11NO2. The molecule has 2 N–H and O–H groups in total. The predicted molar refractivity (Wildman–Crippen MR) is 41.5 cm³/mol. The molecular weight excluding hydrogens is 142 g/mol. The van der Waals surface area contributed by atoms with Crippen molar-refractivity contribution < 1.29 is 9.53 Å². The summed E-state index contributed by atoms with van der Waals surface area (Å²) >= 11 is 0. The summed E-state index contributed by atoms with van der Waals surface area (Å²) in [5.41, 5.74) is 5.09. The average Bonchev–Trinajstić information content (AvgIpc) is 2.05. The lowest BCUT2D eigenvalue weighted by molar-refractivity contribution is -0.119. The van der Waals surface area contributed by atoms with Gasteiger partial charge >= 0.3 is 0 Å². The van der Waals surface area contributed by atoms with Gasteiger partial charge in [0.25, 0.3) is 0 Å². The highest BCUT2D eigenvalue weighted by atomic mass is 16.5. The van der Waals surface area contributed by atoms with Crippen LogP contribution >= 0.6 is 0 Å². The number of nitrogens with two attached hydrogens (primary N) is 1. The topological polar surface area (TPSA) is 52.3 Å². The molecule has 1 aliphatic carbocycles. The number of carbonyl (C=O) groups excluding carboxylic acids is 1. The molecule has 0 heterocycles. The molecule has 1 atom stereocenters. The van der Waals surface area contributed by atoms with Crippen LogP contribution in [0.5, 0.6) is 0 Å². The van der Waals surface area contributed by atoms with E-state index >= 15 is 0 Å². The van der Waals surface area contributed by atoms with E-state index in [1.807, 2.05) is 6.08 Å². The van der Waals surface area contributed by atoms with E-state index < -0.39 is 0 Å². The van der Waals surface area contributed by atoms with Crippen LogP contribution in [-0.2, 0) is 9.53 Å². The van der Waals surface area contributed by atoms with E-state index in [9.17, 15) is 4.79 Å². The Hall–Kier alpha value is -1.25. The average molecular weight is 153 g/mol. The van der Waals surface area contributed by atoms with Crippen LogP contribution < -0.4 is 5.73 Å². The maximum absolute atomic E-state index is 10.7. The minimum atomic E-state index is -0.337. The van der Waals surface area contributed by atoms with Gasteiger partial charge < -0.3 is 10.5 Å². The molecule has 0 aromatic rings. The Morgan fingerprint density at radius 3 is 3.09 bits per heavy atom. The molecule has 0 aliphatic heterocycles. The van der Waals surface area contributed by atoms with Crippen molar-refractivity contribution in [3.63, 3.8) is 0 Å². The fraction of sp³-hybridized carbons (Fsp3) is 0.375. The van der Waals surface area contributed by atoms with Crippen LogP contribution in [0.2, 0.25) is 0 Å². The minimum Gasteiger partial charge on any atom is -0.501 e. The van der Waals surface area contributed by atoms with Crippen molar-refractivity contribution in [2.75, 3.05) is 7.11 Å². The normalized spacial score (nSPS) is 22.6. The molecule has 3 nitrogen and oxygen atoms in total. The second-order valence-electron chi connectivity index (χ2n) is 2.40. The molecule has 0 bridgehead atoms. The lowest BCUT2D eigenvalue weighted by Crippen LogP contribution is -2.21. The number of methoxy groups -OCH3 is 1. The Bertz CT molecular complexity index is 218. The van der Waals surface area contributed by atoms with Crippen molar-refractivity contribution in [3.8, 4) is 0 Å². The van der Waals surface area contributed by atoms with Gasteiger partial charge in [0.1, 0.15) is 0 Å². The summed E-state index contributed by atoms with van der Waals surface area (Å²) < 4.78 is 4.97. The Labute approximate surface area is 65.5 Å². The molecule has 60 valence electrons. The van der Waals surface area contributed by atoms with Gasteiger partial charge in [-0.05, 0) is 6.08 Å². The van der Waals surface area contributed by atoms with Gasteiger partial charge in [0, 0.05) is 6.42 Å². The SMILES string of the molecule is COC1=CC(C(N)=O)C=CC1. The molecule has 0 aromatic heterocycles. The first kappa shape index (κ1) is 7.85. The van der Waals surface area contributed by atoms with Crippen LogP contribution in [0, 0.1) is 5.92 Å². The van der Waals surface area contributed by atoms with E-state index in [0.29, 0.717) is 0 Å². The molecule has 3 heteroatoms. The molecule has 11 heavy (non-hydrogen) atoms. The summed E-state index contributed by atoms with van der Waals surface area (Å²) in [4.78, 5) is 10.7. The van der Waals surface area contributed by atoms with Crippen LogP contribution in [0.3, 0.4) is 0 Å². The first-order valence-electron chi connectivity index (χ1n) is 3.44. The molecule has 0 spiro atoms. The summed E-state index contributed by atoms with van der Waals surface area (Å²) in [5, 5.41) is 0. The fourth-order valence-electron chi connectivity index (χ4n) is 0.983. The van der Waals surface area contributed by atoms with Gasteiger partial charge in [0.2, 0.25) is 5.91 Å². The number of carbonyl (C=O) groups is 1. The van der Waals surface area contributed by atoms with Gasteiger partial charge in [0.15, 0.2) is 0 Å². The second-order valence-corrected chi connectivity index (χ2v) is 2.40. The van der Waals surface area contributed by atoms with Crippen molar-refractivity contribution >= 4 is 5.91 Å². The number of amides is 1. The molecule has 1 rings (SSSR count). The predicted octanol–water partition coefficient (Wildman–Crippen LogP) is 0.578. The molecule has 0 saturated heterocycles. The Balaban J connectivity index is 2.68. The van der Waals surface area contributed by atoms with Gasteiger partial charge in [-0.25, -0.2) is 0 Å². The van der Waals surface area contributed by atoms with E-state index in [-0.39, 0.29) is 11.8 Å². The molecule has 0 aromatic carbocycles. The van der Waals surface area contributed by atoms with Gasteiger partial charge in [-0.15, -0.1) is 0 Å². The monoisotopic (exact) mass is 153 g/mol. The van der Waals surface area contributed by atoms with Crippen LogP contribution in [-0.4, -0.2) is 13.0 Å². The summed E-state index contributed by atoms with van der Waals surface area (Å²) in [7, 11) is 1.59. The van der Waals surface area contributed by atoms with Gasteiger partial charge in [0.05, 0.1) is 18.8 Å². The third-order valence-corrected chi connectivity index (χ3v) is 1.62. The molecule has 1 aliphatic rings. The molecule has 1 amide bonds. The highest BCUT2D eigenvalue weighted by Crippen LogP contribution is 2.15. The lowest BCUT2D eigenvalue weighted by atomic mass is 10.0. The van der Waals surface area contributed by atoms with E-state index in [1.54, 1.807) is 19.3 Å². The smallest absolute Gasteiger partial charge is 0.228 e. The Kier molecular flexibility index (Phi) is 2.31. The van der Waals surface area contributed by atoms with Gasteiger partial charge in [-0.2, -0.15) is 0 Å². The number of hydrogen-bond donors (Lipinski definition) is 1. The first-order valence-corrected chi connectivity index (χ1v) is 3.44. The third-order valence-electron chi connectivity index (χ3n) is 1.62. The summed E-state index contributed by atoms with van der Waals surface area (Å²) in [6.07, 6.45) is 6.15. The summed E-state index contributed by atoms with van der Waals surface area (Å²) in [5.74, 6) is 0.172. The van der Waals surface area contributed by atoms with Crippen molar-refractivity contribution in [1.29, 1.82) is 0 Å². The highest BCUT2D eigenvalue weighted by molar-refractivity contribution is 5.80. The highest BCUT2D eigenvalue weighted by Gasteiger charge is 2.12. The van der Waals surface area contributed by atoms with Gasteiger partial charge in [-0.1, -0.05) is 12.2 Å². The number of allylic oxidation sites excluding steroid dienone is 1. The van der Waals surface area contributed by atoms with Crippen molar-refractivity contribution in [2.45, 2.75) is 6.42 Å². The number of hydrogen-bond acceptors (Lipinski definition) is 2. The third kappa shape index (κ3) is 1.83. The number of ether oxygens (including phenoxy) is 1.